The van der Waals surface area contributed by atoms with Gasteiger partial charge in [-0.15, -0.1) is 10.2 Å². The molecule has 1 N–H and O–H groups in total. The second kappa shape index (κ2) is 5.45. The molecule has 2 aromatic rings. The van der Waals surface area contributed by atoms with E-state index in [0.29, 0.717) is 17.9 Å². The smallest absolute Gasteiger partial charge is 0.247 e. The largest absolute Gasteiger partial charge is 0.421 e. The Morgan fingerprint density at radius 3 is 2.58 bits per heavy atom. The van der Waals surface area contributed by atoms with Gasteiger partial charge in [-0.2, -0.15) is 0 Å². The lowest BCUT2D eigenvalue weighted by Gasteiger charge is -1.98. The summed E-state index contributed by atoms with van der Waals surface area (Å²) >= 11 is 0. The maximum Gasteiger partial charge on any atom is 0.247 e. The van der Waals surface area contributed by atoms with Gasteiger partial charge in [0.2, 0.25) is 21.8 Å². The van der Waals surface area contributed by atoms with Crippen LogP contribution in [0.3, 0.4) is 0 Å². The van der Waals surface area contributed by atoms with Gasteiger partial charge in [0.15, 0.2) is 0 Å². The SMILES string of the molecule is CS(=O)(=O)NCCc1nnc(-c2ccc(F)cc2)o1. The summed E-state index contributed by atoms with van der Waals surface area (Å²) in [5, 5.41) is 7.60. The van der Waals surface area contributed by atoms with Gasteiger partial charge in [0, 0.05) is 18.5 Å². The van der Waals surface area contributed by atoms with Crippen molar-refractivity contribution in [1.29, 1.82) is 0 Å². The van der Waals surface area contributed by atoms with Gasteiger partial charge in [-0.05, 0) is 24.3 Å². The molecule has 1 aromatic heterocycles. The summed E-state index contributed by atoms with van der Waals surface area (Å²) < 4.78 is 42.2. The van der Waals surface area contributed by atoms with Crippen LogP contribution < -0.4 is 4.72 Å². The average Bonchev–Trinajstić information content (AvgIpc) is 2.77. The van der Waals surface area contributed by atoms with Gasteiger partial charge in [0.25, 0.3) is 0 Å². The number of halogens is 1. The summed E-state index contributed by atoms with van der Waals surface area (Å²) in [7, 11) is -3.23. The second-order valence-corrected chi connectivity index (χ2v) is 5.76. The van der Waals surface area contributed by atoms with Gasteiger partial charge < -0.3 is 4.42 Å². The van der Waals surface area contributed by atoms with E-state index in [9.17, 15) is 12.8 Å². The predicted octanol–water partition coefficient (Wildman–Crippen LogP) is 0.967. The Labute approximate surface area is 109 Å². The normalized spacial score (nSPS) is 11.7. The first-order chi connectivity index (χ1) is 8.94. The Kier molecular flexibility index (Phi) is 3.91. The summed E-state index contributed by atoms with van der Waals surface area (Å²) in [6.45, 7) is 0.184. The molecule has 0 aliphatic heterocycles. The zero-order chi connectivity index (χ0) is 13.9. The van der Waals surface area contributed by atoms with E-state index in [1.165, 1.54) is 24.3 Å². The quantitative estimate of drug-likeness (QED) is 0.884. The molecule has 1 aromatic carbocycles. The van der Waals surface area contributed by atoms with E-state index in [1.54, 1.807) is 0 Å². The Morgan fingerprint density at radius 1 is 1.26 bits per heavy atom. The Balaban J connectivity index is 2.01. The van der Waals surface area contributed by atoms with Crippen LogP contribution in [0.4, 0.5) is 4.39 Å². The first-order valence-corrected chi connectivity index (χ1v) is 7.36. The highest BCUT2D eigenvalue weighted by Crippen LogP contribution is 2.17. The highest BCUT2D eigenvalue weighted by Gasteiger charge is 2.09. The van der Waals surface area contributed by atoms with Crippen molar-refractivity contribution in [2.45, 2.75) is 6.42 Å². The van der Waals surface area contributed by atoms with Crippen LogP contribution in [-0.2, 0) is 16.4 Å². The minimum Gasteiger partial charge on any atom is -0.421 e. The van der Waals surface area contributed by atoms with Crippen molar-refractivity contribution in [3.8, 4) is 11.5 Å². The molecule has 19 heavy (non-hydrogen) atoms. The first kappa shape index (κ1) is 13.6. The molecule has 8 heteroatoms. The highest BCUT2D eigenvalue weighted by molar-refractivity contribution is 7.88. The van der Waals surface area contributed by atoms with Crippen LogP contribution in [0.1, 0.15) is 5.89 Å². The van der Waals surface area contributed by atoms with Crippen molar-refractivity contribution in [2.75, 3.05) is 12.8 Å². The minimum atomic E-state index is -3.23. The van der Waals surface area contributed by atoms with Crippen molar-refractivity contribution in [2.24, 2.45) is 0 Å². The molecule has 0 aliphatic carbocycles. The number of hydrogen-bond acceptors (Lipinski definition) is 5. The molecule has 0 saturated carbocycles. The van der Waals surface area contributed by atoms with Crippen LogP contribution in [0.2, 0.25) is 0 Å². The molecule has 0 saturated heterocycles. The average molecular weight is 285 g/mol. The molecule has 0 atom stereocenters. The van der Waals surface area contributed by atoms with Crippen molar-refractivity contribution in [3.63, 3.8) is 0 Å². The summed E-state index contributed by atoms with van der Waals surface area (Å²) in [5.41, 5.74) is 0.608. The van der Waals surface area contributed by atoms with E-state index in [1.807, 2.05) is 0 Å². The number of nitrogens with zero attached hydrogens (tertiary/aromatic N) is 2. The van der Waals surface area contributed by atoms with Crippen LogP contribution in [-0.4, -0.2) is 31.4 Å². The van der Waals surface area contributed by atoms with Crippen LogP contribution in [0, 0.1) is 5.82 Å². The fraction of sp³-hybridized carbons (Fsp3) is 0.273. The third-order valence-corrected chi connectivity index (χ3v) is 2.99. The molecular formula is C11H12FN3O3S. The molecule has 0 radical (unpaired) electrons. The van der Waals surface area contributed by atoms with Crippen molar-refractivity contribution >= 4 is 10.0 Å². The number of rotatable bonds is 5. The molecule has 1 heterocycles. The summed E-state index contributed by atoms with van der Waals surface area (Å²) in [4.78, 5) is 0. The number of benzene rings is 1. The lowest BCUT2D eigenvalue weighted by Crippen LogP contribution is -2.24. The summed E-state index contributed by atoms with van der Waals surface area (Å²) in [6.07, 6.45) is 1.37. The molecule has 0 aliphatic rings. The van der Waals surface area contributed by atoms with E-state index in [0.717, 1.165) is 6.26 Å². The van der Waals surface area contributed by atoms with Crippen molar-refractivity contribution < 1.29 is 17.2 Å². The first-order valence-electron chi connectivity index (χ1n) is 5.47. The number of nitrogens with one attached hydrogen (secondary N) is 1. The lowest BCUT2D eigenvalue weighted by atomic mass is 10.2. The zero-order valence-electron chi connectivity index (χ0n) is 10.1. The Hall–Kier alpha value is -1.80. The van der Waals surface area contributed by atoms with Crippen LogP contribution >= 0.6 is 0 Å². The fourth-order valence-corrected chi connectivity index (χ4v) is 1.88. The van der Waals surface area contributed by atoms with Gasteiger partial charge in [0.05, 0.1) is 6.26 Å². The summed E-state index contributed by atoms with van der Waals surface area (Å²) in [5.74, 6) is 0.241. The topological polar surface area (TPSA) is 85.1 Å². The Morgan fingerprint density at radius 2 is 1.95 bits per heavy atom. The molecule has 2 rings (SSSR count). The van der Waals surface area contributed by atoms with E-state index < -0.39 is 10.0 Å². The van der Waals surface area contributed by atoms with Gasteiger partial charge in [-0.3, -0.25) is 0 Å². The maximum atomic E-state index is 12.8. The van der Waals surface area contributed by atoms with Gasteiger partial charge in [0.1, 0.15) is 5.82 Å². The second-order valence-electron chi connectivity index (χ2n) is 3.92. The fourth-order valence-electron chi connectivity index (χ4n) is 1.41. The molecule has 0 amide bonds. The van der Waals surface area contributed by atoms with Gasteiger partial charge in [-0.25, -0.2) is 17.5 Å². The lowest BCUT2D eigenvalue weighted by molar-refractivity contribution is 0.502. The Bertz CT molecular complexity index is 652. The monoisotopic (exact) mass is 285 g/mol. The number of aromatic nitrogens is 2. The zero-order valence-corrected chi connectivity index (χ0v) is 10.9. The third-order valence-electron chi connectivity index (χ3n) is 2.26. The number of sulfonamides is 1. The number of hydrogen-bond donors (Lipinski definition) is 1. The molecule has 0 fully saturated rings. The molecule has 102 valence electrons. The van der Waals surface area contributed by atoms with E-state index in [2.05, 4.69) is 14.9 Å². The van der Waals surface area contributed by atoms with Crippen molar-refractivity contribution in [3.05, 3.63) is 36.0 Å². The standard InChI is InChI=1S/C11H12FN3O3S/c1-19(16,17)13-7-6-10-14-15-11(18-10)8-2-4-9(12)5-3-8/h2-5,13H,6-7H2,1H3. The third kappa shape index (κ3) is 4.11. The summed E-state index contributed by atoms with van der Waals surface area (Å²) in [6, 6.07) is 5.65. The van der Waals surface area contributed by atoms with Crippen LogP contribution in [0.25, 0.3) is 11.5 Å². The predicted molar refractivity (Wildman–Crippen MR) is 66.2 cm³/mol. The molecule has 0 unspecified atom stereocenters. The van der Waals surface area contributed by atoms with Crippen LogP contribution in [0.5, 0.6) is 0 Å². The van der Waals surface area contributed by atoms with Gasteiger partial charge in [-0.1, -0.05) is 0 Å². The molecular weight excluding hydrogens is 273 g/mol. The van der Waals surface area contributed by atoms with E-state index >= 15 is 0 Å². The maximum absolute atomic E-state index is 12.8. The van der Waals surface area contributed by atoms with E-state index in [-0.39, 0.29) is 18.3 Å². The molecule has 6 nitrogen and oxygen atoms in total. The molecule has 0 bridgehead atoms. The van der Waals surface area contributed by atoms with Crippen molar-refractivity contribution in [1.82, 2.24) is 14.9 Å². The highest BCUT2D eigenvalue weighted by atomic mass is 32.2. The minimum absolute atomic E-state index is 0.184. The van der Waals surface area contributed by atoms with Crippen LogP contribution in [0.15, 0.2) is 28.7 Å². The van der Waals surface area contributed by atoms with Gasteiger partial charge >= 0.3 is 0 Å². The van der Waals surface area contributed by atoms with E-state index in [4.69, 9.17) is 4.42 Å². The molecule has 0 spiro atoms.